The highest BCUT2D eigenvalue weighted by Gasteiger charge is 1.95. The lowest BCUT2D eigenvalue weighted by molar-refractivity contribution is 0.810. The molecular formula is C5H7ClN2S. The molecule has 0 bridgehead atoms. The molecule has 0 aliphatic rings. The van der Waals surface area contributed by atoms with Crippen molar-refractivity contribution in [3.05, 3.63) is 15.5 Å². The molecule has 4 heteroatoms. The summed E-state index contributed by atoms with van der Waals surface area (Å²) in [6, 6.07) is 0. The molecule has 1 aromatic heterocycles. The SMILES string of the molecule is CNCc1nc(Cl)cs1. The van der Waals surface area contributed by atoms with Crippen LogP contribution in [0.3, 0.4) is 0 Å². The van der Waals surface area contributed by atoms with E-state index in [-0.39, 0.29) is 0 Å². The fourth-order valence-electron chi connectivity index (χ4n) is 0.521. The van der Waals surface area contributed by atoms with E-state index in [9.17, 15) is 0 Å². The lowest BCUT2D eigenvalue weighted by Crippen LogP contribution is -2.03. The molecule has 2 nitrogen and oxygen atoms in total. The second kappa shape index (κ2) is 3.15. The Morgan fingerprint density at radius 2 is 2.67 bits per heavy atom. The lowest BCUT2D eigenvalue weighted by Gasteiger charge is -1.88. The van der Waals surface area contributed by atoms with Gasteiger partial charge in [0.05, 0.1) is 0 Å². The van der Waals surface area contributed by atoms with Crippen LogP contribution in [0.25, 0.3) is 0 Å². The van der Waals surface area contributed by atoms with Crippen LogP contribution in [0.2, 0.25) is 5.15 Å². The van der Waals surface area contributed by atoms with Crippen molar-refractivity contribution in [3.8, 4) is 0 Å². The number of halogens is 1. The molecule has 9 heavy (non-hydrogen) atoms. The first kappa shape index (κ1) is 6.99. The summed E-state index contributed by atoms with van der Waals surface area (Å²) in [4.78, 5) is 4.02. The molecule has 0 saturated carbocycles. The van der Waals surface area contributed by atoms with E-state index in [4.69, 9.17) is 11.6 Å². The zero-order valence-corrected chi connectivity index (χ0v) is 6.59. The molecule has 1 heterocycles. The Labute approximate surface area is 62.9 Å². The van der Waals surface area contributed by atoms with Gasteiger partial charge in [0, 0.05) is 11.9 Å². The van der Waals surface area contributed by atoms with E-state index in [0.29, 0.717) is 5.15 Å². The maximum atomic E-state index is 5.57. The number of nitrogens with one attached hydrogen (secondary N) is 1. The van der Waals surface area contributed by atoms with E-state index < -0.39 is 0 Å². The molecule has 1 aromatic rings. The highest BCUT2D eigenvalue weighted by molar-refractivity contribution is 7.10. The molecular weight excluding hydrogens is 156 g/mol. The third kappa shape index (κ3) is 1.93. The van der Waals surface area contributed by atoms with Crippen LogP contribution in [0.4, 0.5) is 0 Å². The number of nitrogens with zero attached hydrogens (tertiary/aromatic N) is 1. The Morgan fingerprint density at radius 3 is 3.11 bits per heavy atom. The van der Waals surface area contributed by atoms with E-state index >= 15 is 0 Å². The fourth-order valence-corrected chi connectivity index (χ4v) is 1.47. The van der Waals surface area contributed by atoms with E-state index in [1.807, 2.05) is 12.4 Å². The molecule has 0 aromatic carbocycles. The molecule has 0 spiro atoms. The van der Waals surface area contributed by atoms with Crippen molar-refractivity contribution in [2.45, 2.75) is 6.54 Å². The molecule has 0 atom stereocenters. The number of rotatable bonds is 2. The standard InChI is InChI=1S/C5H7ClN2S/c1-7-2-5-8-4(6)3-9-5/h3,7H,2H2,1H3. The zero-order valence-electron chi connectivity index (χ0n) is 5.02. The molecule has 1 N–H and O–H groups in total. The topological polar surface area (TPSA) is 24.9 Å². The van der Waals surface area contributed by atoms with Gasteiger partial charge in [0.1, 0.15) is 10.2 Å². The quantitative estimate of drug-likeness (QED) is 0.714. The second-order valence-electron chi connectivity index (χ2n) is 1.59. The molecule has 0 saturated heterocycles. The van der Waals surface area contributed by atoms with Gasteiger partial charge in [-0.15, -0.1) is 11.3 Å². The van der Waals surface area contributed by atoms with Crippen LogP contribution in [0, 0.1) is 0 Å². The van der Waals surface area contributed by atoms with Gasteiger partial charge in [-0.25, -0.2) is 4.98 Å². The van der Waals surface area contributed by atoms with Crippen molar-refractivity contribution < 1.29 is 0 Å². The van der Waals surface area contributed by atoms with E-state index in [0.717, 1.165) is 11.6 Å². The molecule has 1 rings (SSSR count). The van der Waals surface area contributed by atoms with Crippen molar-refractivity contribution in [1.82, 2.24) is 10.3 Å². The summed E-state index contributed by atoms with van der Waals surface area (Å²) in [6.45, 7) is 0.803. The van der Waals surface area contributed by atoms with Gasteiger partial charge in [-0.3, -0.25) is 0 Å². The van der Waals surface area contributed by atoms with E-state index in [2.05, 4.69) is 10.3 Å². The third-order valence-corrected chi connectivity index (χ3v) is 2.02. The van der Waals surface area contributed by atoms with Crippen molar-refractivity contribution in [3.63, 3.8) is 0 Å². The summed E-state index contributed by atoms with van der Waals surface area (Å²) < 4.78 is 0. The highest BCUT2D eigenvalue weighted by Crippen LogP contribution is 2.12. The minimum Gasteiger partial charge on any atom is -0.314 e. The monoisotopic (exact) mass is 162 g/mol. The van der Waals surface area contributed by atoms with Crippen LogP contribution in [0.15, 0.2) is 5.38 Å². The molecule has 0 aliphatic heterocycles. The van der Waals surface area contributed by atoms with Gasteiger partial charge in [-0.05, 0) is 7.05 Å². The van der Waals surface area contributed by atoms with Crippen molar-refractivity contribution >= 4 is 22.9 Å². The average molecular weight is 163 g/mol. The van der Waals surface area contributed by atoms with Crippen LogP contribution in [-0.2, 0) is 6.54 Å². The Bertz CT molecular complexity index is 187. The summed E-state index contributed by atoms with van der Waals surface area (Å²) in [5, 5.41) is 6.43. The summed E-state index contributed by atoms with van der Waals surface area (Å²) in [6.07, 6.45) is 0. The number of aromatic nitrogens is 1. The average Bonchev–Trinajstić information content (AvgIpc) is 2.17. The summed E-state index contributed by atoms with van der Waals surface area (Å²) in [5.74, 6) is 0. The maximum Gasteiger partial charge on any atom is 0.140 e. The molecule has 0 amide bonds. The predicted molar refractivity (Wildman–Crippen MR) is 39.9 cm³/mol. The molecule has 0 unspecified atom stereocenters. The van der Waals surface area contributed by atoms with Gasteiger partial charge < -0.3 is 5.32 Å². The summed E-state index contributed by atoms with van der Waals surface area (Å²) in [5.41, 5.74) is 0. The number of thiazole rings is 1. The Balaban J connectivity index is 2.61. The van der Waals surface area contributed by atoms with E-state index in [1.54, 1.807) is 11.3 Å². The van der Waals surface area contributed by atoms with Crippen LogP contribution in [0.5, 0.6) is 0 Å². The second-order valence-corrected chi connectivity index (χ2v) is 2.92. The lowest BCUT2D eigenvalue weighted by atomic mass is 10.7. The summed E-state index contributed by atoms with van der Waals surface area (Å²) >= 11 is 7.14. The van der Waals surface area contributed by atoms with Crippen molar-refractivity contribution in [1.29, 1.82) is 0 Å². The highest BCUT2D eigenvalue weighted by atomic mass is 35.5. The third-order valence-electron chi connectivity index (χ3n) is 0.852. The van der Waals surface area contributed by atoms with Crippen LogP contribution < -0.4 is 5.32 Å². The first-order valence-electron chi connectivity index (χ1n) is 2.57. The first-order valence-corrected chi connectivity index (χ1v) is 3.83. The van der Waals surface area contributed by atoms with Gasteiger partial charge >= 0.3 is 0 Å². The van der Waals surface area contributed by atoms with Gasteiger partial charge in [-0.2, -0.15) is 0 Å². The Kier molecular flexibility index (Phi) is 2.45. The molecule has 0 radical (unpaired) electrons. The number of hydrogen-bond acceptors (Lipinski definition) is 3. The number of hydrogen-bond donors (Lipinski definition) is 1. The fraction of sp³-hybridized carbons (Fsp3) is 0.400. The first-order chi connectivity index (χ1) is 4.33. The smallest absolute Gasteiger partial charge is 0.140 e. The van der Waals surface area contributed by atoms with Crippen LogP contribution >= 0.6 is 22.9 Å². The van der Waals surface area contributed by atoms with Crippen LogP contribution in [0.1, 0.15) is 5.01 Å². The van der Waals surface area contributed by atoms with Crippen molar-refractivity contribution in [2.75, 3.05) is 7.05 Å². The Hall–Kier alpha value is -0.120. The molecule has 0 fully saturated rings. The van der Waals surface area contributed by atoms with Gasteiger partial charge in [0.25, 0.3) is 0 Å². The summed E-state index contributed by atoms with van der Waals surface area (Å²) in [7, 11) is 1.88. The minimum atomic E-state index is 0.588. The Morgan fingerprint density at radius 1 is 1.89 bits per heavy atom. The predicted octanol–water partition coefficient (Wildman–Crippen LogP) is 1.52. The normalized spacial score (nSPS) is 10.0. The van der Waals surface area contributed by atoms with Gasteiger partial charge in [0.15, 0.2) is 0 Å². The van der Waals surface area contributed by atoms with Gasteiger partial charge in [0.2, 0.25) is 0 Å². The van der Waals surface area contributed by atoms with E-state index in [1.165, 1.54) is 0 Å². The maximum absolute atomic E-state index is 5.57. The zero-order chi connectivity index (χ0) is 6.69. The van der Waals surface area contributed by atoms with Crippen molar-refractivity contribution in [2.24, 2.45) is 0 Å². The van der Waals surface area contributed by atoms with Gasteiger partial charge in [-0.1, -0.05) is 11.6 Å². The molecule has 50 valence electrons. The largest absolute Gasteiger partial charge is 0.314 e. The molecule has 0 aliphatic carbocycles. The minimum absolute atomic E-state index is 0.588. The van der Waals surface area contributed by atoms with Crippen LogP contribution in [-0.4, -0.2) is 12.0 Å².